The van der Waals surface area contributed by atoms with E-state index in [9.17, 15) is 0 Å². The van der Waals surface area contributed by atoms with Gasteiger partial charge in [-0.1, -0.05) is 128 Å². The summed E-state index contributed by atoms with van der Waals surface area (Å²) in [5.74, 6) is 0.515. The Morgan fingerprint density at radius 3 is 2.52 bits per heavy atom. The van der Waals surface area contributed by atoms with Gasteiger partial charge in [-0.25, -0.2) is 0 Å². The fraction of sp³-hybridized carbons (Fsp3) is 0.238. The molecule has 46 heavy (non-hydrogen) atoms. The van der Waals surface area contributed by atoms with Crippen molar-refractivity contribution in [2.45, 2.75) is 51.2 Å². The summed E-state index contributed by atoms with van der Waals surface area (Å²) in [5.41, 5.74) is 8.66. The molecule has 2 heterocycles. The van der Waals surface area contributed by atoms with E-state index < -0.39 is 0 Å². The normalized spacial score (nSPS) is 27.4. The molecule has 6 rings (SSSR count). The Hall–Kier alpha value is -4.96. The second-order valence-corrected chi connectivity index (χ2v) is 12.3. The monoisotopic (exact) mass is 602 g/mol. The van der Waals surface area contributed by atoms with Gasteiger partial charge in [-0.2, -0.15) is 0 Å². The molecule has 5 aliphatic rings. The van der Waals surface area contributed by atoms with Gasteiger partial charge in [-0.15, -0.1) is 0 Å². The van der Waals surface area contributed by atoms with E-state index in [1.807, 2.05) is 32.1 Å². The van der Waals surface area contributed by atoms with Crippen molar-refractivity contribution in [1.82, 2.24) is 0 Å². The summed E-state index contributed by atoms with van der Waals surface area (Å²) in [7, 11) is 0. The van der Waals surface area contributed by atoms with Crippen LogP contribution in [0.4, 0.5) is 0 Å². The maximum atomic E-state index is 8.31. The summed E-state index contributed by atoms with van der Waals surface area (Å²) in [5, 5.41) is 8.31. The highest BCUT2D eigenvalue weighted by atomic mass is 15.0. The molecule has 1 N–H and O–H groups in total. The predicted molar refractivity (Wildman–Crippen MR) is 196 cm³/mol. The number of rotatable bonds is 9. The molecule has 5 atom stereocenters. The molecule has 230 valence electrons. The van der Waals surface area contributed by atoms with Gasteiger partial charge in [-0.05, 0) is 67.6 Å². The second-order valence-electron chi connectivity index (χ2n) is 12.3. The molecule has 0 aromatic heterocycles. The summed E-state index contributed by atoms with van der Waals surface area (Å²) in [6.45, 7) is 8.01. The number of hydrogen-bond donors (Lipinski definition) is 1. The van der Waals surface area contributed by atoms with E-state index in [1.54, 1.807) is 0 Å². The largest absolute Gasteiger partial charge is 0.306 e. The summed E-state index contributed by atoms with van der Waals surface area (Å²) in [4.78, 5) is 15.8. The third-order valence-electron chi connectivity index (χ3n) is 8.84. The Kier molecular flexibility index (Phi) is 9.73. The number of benzene rings is 1. The molecule has 0 amide bonds. The van der Waals surface area contributed by atoms with Gasteiger partial charge in [0.25, 0.3) is 0 Å². The molecule has 3 aliphatic carbocycles. The third kappa shape index (κ3) is 7.13. The first-order chi connectivity index (χ1) is 22.5. The van der Waals surface area contributed by atoms with Crippen LogP contribution in [-0.4, -0.2) is 41.0 Å². The van der Waals surface area contributed by atoms with Gasteiger partial charge >= 0.3 is 0 Å². The zero-order chi connectivity index (χ0) is 31.9. The minimum atomic E-state index is -0.145. The second kappa shape index (κ2) is 14.4. The van der Waals surface area contributed by atoms with Gasteiger partial charge in [0, 0.05) is 28.8 Å². The molecule has 4 nitrogen and oxygen atoms in total. The van der Waals surface area contributed by atoms with Gasteiger partial charge < -0.3 is 5.41 Å². The highest BCUT2D eigenvalue weighted by Crippen LogP contribution is 2.32. The van der Waals surface area contributed by atoms with Gasteiger partial charge in [0.15, 0.2) is 0 Å². The van der Waals surface area contributed by atoms with Crippen LogP contribution >= 0.6 is 0 Å². The maximum absolute atomic E-state index is 8.31. The first kappa shape index (κ1) is 31.0. The standard InChI is InChI=1S/C42H42N4/c1-4-31(37(27-29(2)43)36-26-25-32-24-23-30(3)44-39(32)28-36)21-14-22-38-40(33-15-8-5-9-16-33)46-42(35-19-12-7-13-20-35)41(45-38)34-17-10-6-11-18-34/h4-6,8-12,14-15,17-28,32-33,38-40,43H,1,7,13,16H2,2-3H3/b22-14+,31-21+,37-27-,43-29?/t32-,33?,38?,39?,40?/m1/s1. The molecule has 4 unspecified atom stereocenters. The first-order valence-electron chi connectivity index (χ1n) is 16.3. The minimum absolute atomic E-state index is 0.0306. The predicted octanol–water partition coefficient (Wildman–Crippen LogP) is 9.22. The van der Waals surface area contributed by atoms with E-state index in [0.29, 0.717) is 5.71 Å². The lowest BCUT2D eigenvalue weighted by atomic mass is 9.84. The molecular weight excluding hydrogens is 560 g/mol. The smallest absolute Gasteiger partial charge is 0.0920 e. The summed E-state index contributed by atoms with van der Waals surface area (Å²) < 4.78 is 0. The number of dihydropyridines is 1. The highest BCUT2D eigenvalue weighted by Gasteiger charge is 2.33. The topological polar surface area (TPSA) is 60.9 Å². The van der Waals surface area contributed by atoms with E-state index in [-0.39, 0.29) is 30.0 Å². The van der Waals surface area contributed by atoms with Gasteiger partial charge in [0.05, 0.1) is 29.5 Å². The van der Waals surface area contributed by atoms with Gasteiger partial charge in [0.1, 0.15) is 0 Å². The Morgan fingerprint density at radius 1 is 0.935 bits per heavy atom. The number of aliphatic imine (C=N–C) groups is 3. The van der Waals surface area contributed by atoms with Crippen molar-refractivity contribution in [3.05, 3.63) is 168 Å². The van der Waals surface area contributed by atoms with Gasteiger partial charge in [-0.3, -0.25) is 15.0 Å². The van der Waals surface area contributed by atoms with E-state index in [2.05, 4.69) is 122 Å². The molecule has 0 fully saturated rings. The lowest BCUT2D eigenvalue weighted by molar-refractivity contribution is 0.465. The molecule has 4 heteroatoms. The van der Waals surface area contributed by atoms with Crippen molar-refractivity contribution < 1.29 is 0 Å². The molecule has 0 saturated heterocycles. The first-order valence-corrected chi connectivity index (χ1v) is 16.3. The van der Waals surface area contributed by atoms with Crippen molar-refractivity contribution in [3.63, 3.8) is 0 Å². The van der Waals surface area contributed by atoms with Crippen molar-refractivity contribution in [3.8, 4) is 0 Å². The fourth-order valence-electron chi connectivity index (χ4n) is 6.52. The molecule has 1 aromatic rings. The van der Waals surface area contributed by atoms with E-state index in [4.69, 9.17) is 20.4 Å². The lowest BCUT2D eigenvalue weighted by Crippen LogP contribution is -2.37. The van der Waals surface area contributed by atoms with Crippen LogP contribution in [0.15, 0.2) is 177 Å². The van der Waals surface area contributed by atoms with Crippen LogP contribution in [-0.2, 0) is 0 Å². The van der Waals surface area contributed by atoms with Crippen LogP contribution in [0.2, 0.25) is 0 Å². The minimum Gasteiger partial charge on any atom is -0.306 e. The van der Waals surface area contributed by atoms with E-state index >= 15 is 0 Å². The van der Waals surface area contributed by atoms with Crippen LogP contribution in [0.3, 0.4) is 0 Å². The van der Waals surface area contributed by atoms with Gasteiger partial charge in [0.2, 0.25) is 0 Å². The quantitative estimate of drug-likeness (QED) is 0.216. The summed E-state index contributed by atoms with van der Waals surface area (Å²) in [6.07, 6.45) is 39.6. The average molecular weight is 603 g/mol. The van der Waals surface area contributed by atoms with E-state index in [0.717, 1.165) is 64.3 Å². The molecule has 0 saturated carbocycles. The third-order valence-corrected chi connectivity index (χ3v) is 8.84. The Bertz CT molecular complexity index is 1770. The maximum Gasteiger partial charge on any atom is 0.0920 e. The highest BCUT2D eigenvalue weighted by molar-refractivity contribution is 6.54. The van der Waals surface area contributed by atoms with Crippen molar-refractivity contribution in [2.24, 2.45) is 26.8 Å². The summed E-state index contributed by atoms with van der Waals surface area (Å²) in [6, 6.07) is 10.3. The molecule has 1 aromatic carbocycles. The van der Waals surface area contributed by atoms with Crippen LogP contribution in [0, 0.1) is 17.2 Å². The molecule has 0 spiro atoms. The molecular formula is C42H42N4. The van der Waals surface area contributed by atoms with Crippen LogP contribution in [0.1, 0.15) is 38.7 Å². The Morgan fingerprint density at radius 2 is 1.78 bits per heavy atom. The van der Waals surface area contributed by atoms with Crippen LogP contribution < -0.4 is 0 Å². The van der Waals surface area contributed by atoms with E-state index in [1.165, 1.54) is 0 Å². The SMILES string of the molecule is C=CC(=C\C=C\C1N=C(c2ccccc2)C(C2=CCCC=C2)=NC1C1C=CC=CC1)/C(=C/C(C)=N)C1=CC2N=C(C)C=C[C@@H]2C=C1. The number of nitrogens with zero attached hydrogens (tertiary/aromatic N) is 3. The zero-order valence-electron chi connectivity index (χ0n) is 26.8. The molecule has 2 aliphatic heterocycles. The van der Waals surface area contributed by atoms with Crippen molar-refractivity contribution >= 4 is 22.8 Å². The lowest BCUT2D eigenvalue weighted by Gasteiger charge is -2.32. The van der Waals surface area contributed by atoms with Crippen molar-refractivity contribution in [2.75, 3.05) is 0 Å². The Labute approximate surface area is 273 Å². The van der Waals surface area contributed by atoms with Crippen LogP contribution in [0.25, 0.3) is 0 Å². The molecule has 0 bridgehead atoms. The zero-order valence-corrected chi connectivity index (χ0v) is 26.8. The fourth-order valence-corrected chi connectivity index (χ4v) is 6.52. The van der Waals surface area contributed by atoms with Crippen LogP contribution in [0.5, 0.6) is 0 Å². The average Bonchev–Trinajstić information content (AvgIpc) is 3.10. The Balaban J connectivity index is 1.37. The number of allylic oxidation sites excluding steroid dienone is 16. The van der Waals surface area contributed by atoms with Crippen molar-refractivity contribution in [1.29, 1.82) is 5.41 Å². The number of hydrogen-bond acceptors (Lipinski definition) is 4. The summed E-state index contributed by atoms with van der Waals surface area (Å²) >= 11 is 0. The molecule has 0 radical (unpaired) electrons. The number of fused-ring (bicyclic) bond motifs is 1. The number of nitrogens with one attached hydrogen (secondary N) is 1.